The molecule has 6 nitrogen and oxygen atoms in total. The number of H-pyrrole nitrogens is 1. The van der Waals surface area contributed by atoms with Crippen molar-refractivity contribution >= 4 is 29.2 Å². The van der Waals surface area contributed by atoms with Crippen LogP contribution in [0.5, 0.6) is 0 Å². The zero-order valence-electron chi connectivity index (χ0n) is 17.8. The Kier molecular flexibility index (Phi) is 6.04. The number of aromatic amines is 1. The van der Waals surface area contributed by atoms with Crippen molar-refractivity contribution in [3.63, 3.8) is 0 Å². The molecule has 2 aromatic rings. The van der Waals surface area contributed by atoms with Gasteiger partial charge in [0.05, 0.1) is 5.57 Å². The van der Waals surface area contributed by atoms with Crippen molar-refractivity contribution in [2.24, 2.45) is 5.92 Å². The Balaban J connectivity index is 1.39. The molecule has 4 rings (SSSR count). The summed E-state index contributed by atoms with van der Waals surface area (Å²) in [5.74, 6) is 0.586. The van der Waals surface area contributed by atoms with Crippen LogP contribution >= 0.6 is 0 Å². The molecule has 2 amide bonds. The fourth-order valence-corrected chi connectivity index (χ4v) is 4.31. The number of anilines is 1. The van der Waals surface area contributed by atoms with E-state index in [2.05, 4.69) is 27.6 Å². The minimum Gasteiger partial charge on any atom is -0.361 e. The molecular formula is C24H30N4O2. The van der Waals surface area contributed by atoms with Crippen LogP contribution < -0.4 is 10.6 Å². The number of carbonyl (C=O) groups is 2. The summed E-state index contributed by atoms with van der Waals surface area (Å²) in [5.41, 5.74) is 5.51. The number of piperidine rings is 1. The topological polar surface area (TPSA) is 77.2 Å². The number of carbonyl (C=O) groups excluding carboxylic acids is 2. The van der Waals surface area contributed by atoms with Crippen molar-refractivity contribution < 1.29 is 9.59 Å². The van der Waals surface area contributed by atoms with Crippen LogP contribution in [0.3, 0.4) is 0 Å². The van der Waals surface area contributed by atoms with Gasteiger partial charge >= 0.3 is 0 Å². The van der Waals surface area contributed by atoms with Gasteiger partial charge in [-0.2, -0.15) is 0 Å². The summed E-state index contributed by atoms with van der Waals surface area (Å²) < 4.78 is 0. The van der Waals surface area contributed by atoms with Gasteiger partial charge in [0.15, 0.2) is 0 Å². The minimum atomic E-state index is -0.0923. The molecule has 0 unspecified atom stereocenters. The lowest BCUT2D eigenvalue weighted by molar-refractivity contribution is -0.121. The van der Waals surface area contributed by atoms with E-state index in [0.717, 1.165) is 60.5 Å². The summed E-state index contributed by atoms with van der Waals surface area (Å²) in [5, 5.41) is 6.02. The van der Waals surface area contributed by atoms with Crippen molar-refractivity contribution in [1.82, 2.24) is 15.2 Å². The van der Waals surface area contributed by atoms with Crippen molar-refractivity contribution in [1.29, 1.82) is 0 Å². The number of para-hydroxylation sites is 1. The number of nitrogens with one attached hydrogen (secondary N) is 3. The molecule has 1 fully saturated rings. The molecule has 1 aromatic heterocycles. The molecule has 6 heteroatoms. The van der Waals surface area contributed by atoms with Crippen LogP contribution in [-0.2, 0) is 16.0 Å². The van der Waals surface area contributed by atoms with Crippen molar-refractivity contribution in [2.45, 2.75) is 32.6 Å². The molecule has 2 aliphatic rings. The van der Waals surface area contributed by atoms with Crippen LogP contribution in [-0.4, -0.2) is 48.4 Å². The highest BCUT2D eigenvalue weighted by Gasteiger charge is 2.24. The van der Waals surface area contributed by atoms with Gasteiger partial charge in [0.25, 0.3) is 5.91 Å². The predicted molar refractivity (Wildman–Crippen MR) is 120 cm³/mol. The molecule has 0 spiro atoms. The number of aromatic nitrogens is 1. The Bertz CT molecular complexity index is 967. The normalized spacial score (nSPS) is 18.5. The van der Waals surface area contributed by atoms with E-state index in [1.54, 1.807) is 0 Å². The maximum atomic E-state index is 12.4. The Morgan fingerprint density at radius 3 is 2.83 bits per heavy atom. The maximum Gasteiger partial charge on any atom is 0.256 e. The van der Waals surface area contributed by atoms with E-state index in [-0.39, 0.29) is 11.8 Å². The number of benzene rings is 1. The van der Waals surface area contributed by atoms with Gasteiger partial charge in [-0.3, -0.25) is 9.59 Å². The van der Waals surface area contributed by atoms with E-state index < -0.39 is 0 Å². The molecule has 2 aliphatic heterocycles. The van der Waals surface area contributed by atoms with Crippen molar-refractivity contribution in [3.8, 4) is 0 Å². The maximum absolute atomic E-state index is 12.4. The fraction of sp³-hybridized carbons (Fsp3) is 0.417. The molecule has 0 aliphatic carbocycles. The quantitative estimate of drug-likeness (QED) is 0.645. The van der Waals surface area contributed by atoms with E-state index in [1.165, 1.54) is 0 Å². The number of amides is 2. The van der Waals surface area contributed by atoms with Crippen LogP contribution in [0.4, 0.5) is 5.69 Å². The first-order chi connectivity index (χ1) is 14.5. The summed E-state index contributed by atoms with van der Waals surface area (Å²) >= 11 is 0. The monoisotopic (exact) mass is 406 g/mol. The zero-order valence-corrected chi connectivity index (χ0v) is 17.8. The van der Waals surface area contributed by atoms with Gasteiger partial charge in [-0.1, -0.05) is 18.2 Å². The number of hydrogen-bond acceptors (Lipinski definition) is 3. The average Bonchev–Trinajstić information content (AvgIpc) is 3.25. The second-order valence-electron chi connectivity index (χ2n) is 8.47. The van der Waals surface area contributed by atoms with Gasteiger partial charge in [-0.25, -0.2) is 0 Å². The van der Waals surface area contributed by atoms with Crippen molar-refractivity contribution in [2.75, 3.05) is 32.0 Å². The Hall–Kier alpha value is -2.86. The molecule has 1 aromatic carbocycles. The van der Waals surface area contributed by atoms with E-state index in [1.807, 2.05) is 43.5 Å². The highest BCUT2D eigenvalue weighted by Crippen LogP contribution is 2.33. The molecule has 3 N–H and O–H groups in total. The van der Waals surface area contributed by atoms with Crippen LogP contribution in [0.2, 0.25) is 0 Å². The summed E-state index contributed by atoms with van der Waals surface area (Å²) in [6.45, 7) is 5.02. The first-order valence-corrected chi connectivity index (χ1v) is 10.8. The second kappa shape index (κ2) is 8.88. The first kappa shape index (κ1) is 20.4. The molecular weight excluding hydrogens is 376 g/mol. The molecule has 0 radical (unpaired) electrons. The van der Waals surface area contributed by atoms with Gasteiger partial charge < -0.3 is 20.5 Å². The van der Waals surface area contributed by atoms with Crippen LogP contribution in [0.15, 0.2) is 30.5 Å². The second-order valence-corrected chi connectivity index (χ2v) is 8.47. The highest BCUT2D eigenvalue weighted by molar-refractivity contribution is 6.34. The third kappa shape index (κ3) is 4.49. The number of aryl methyl sites for hydroxylation is 1. The number of fused-ring (bicyclic) bond motifs is 1. The molecule has 3 heterocycles. The van der Waals surface area contributed by atoms with Crippen molar-refractivity contribution in [3.05, 3.63) is 52.8 Å². The lowest BCUT2D eigenvalue weighted by Gasteiger charge is -2.28. The highest BCUT2D eigenvalue weighted by atomic mass is 16.2. The van der Waals surface area contributed by atoms with Gasteiger partial charge in [0, 0.05) is 36.1 Å². The third-order valence-corrected chi connectivity index (χ3v) is 6.27. The predicted octanol–water partition coefficient (Wildman–Crippen LogP) is 3.21. The Labute approximate surface area is 177 Å². The molecule has 0 bridgehead atoms. The Morgan fingerprint density at radius 1 is 1.27 bits per heavy atom. The van der Waals surface area contributed by atoms with E-state index >= 15 is 0 Å². The van der Waals surface area contributed by atoms with E-state index in [9.17, 15) is 9.59 Å². The number of rotatable bonds is 6. The summed E-state index contributed by atoms with van der Waals surface area (Å²) in [6.07, 6.45) is 7.24. The number of likely N-dealkylation sites (tertiary alicyclic amines) is 1. The SMILES string of the molecule is Cc1c[nH]c(/C=C2\C(=O)Nc3ccccc32)c1CCC(=O)NCC1CCN(C)CC1. The number of nitrogens with zero attached hydrogens (tertiary/aromatic N) is 1. The minimum absolute atomic E-state index is 0.0923. The van der Waals surface area contributed by atoms with Crippen LogP contribution in [0.25, 0.3) is 11.6 Å². The van der Waals surface area contributed by atoms with E-state index in [0.29, 0.717) is 24.3 Å². The Morgan fingerprint density at radius 2 is 2.03 bits per heavy atom. The molecule has 1 saturated heterocycles. The lowest BCUT2D eigenvalue weighted by atomic mass is 9.97. The fourth-order valence-electron chi connectivity index (χ4n) is 4.31. The van der Waals surface area contributed by atoms with Gasteiger partial charge in [-0.05, 0) is 75.5 Å². The van der Waals surface area contributed by atoms with Crippen LogP contribution in [0, 0.1) is 12.8 Å². The zero-order chi connectivity index (χ0) is 21.1. The molecule has 0 atom stereocenters. The smallest absolute Gasteiger partial charge is 0.256 e. The first-order valence-electron chi connectivity index (χ1n) is 10.8. The lowest BCUT2D eigenvalue weighted by Crippen LogP contribution is -2.36. The summed E-state index contributed by atoms with van der Waals surface area (Å²) in [7, 11) is 2.15. The standard InChI is InChI=1S/C24H30N4O2/c1-16-14-25-22(13-20-19-5-3-4-6-21(19)27-24(20)30)18(16)7-8-23(29)26-15-17-9-11-28(2)12-10-17/h3-6,13-14,17,25H,7-12,15H2,1-2H3,(H,26,29)(H,27,30)/b20-13-. The average molecular weight is 407 g/mol. The van der Waals surface area contributed by atoms with Gasteiger partial charge in [0.2, 0.25) is 5.91 Å². The molecule has 158 valence electrons. The van der Waals surface area contributed by atoms with Gasteiger partial charge in [0.1, 0.15) is 0 Å². The third-order valence-electron chi connectivity index (χ3n) is 6.27. The van der Waals surface area contributed by atoms with Crippen LogP contribution in [0.1, 0.15) is 41.6 Å². The largest absolute Gasteiger partial charge is 0.361 e. The molecule has 0 saturated carbocycles. The summed E-state index contributed by atoms with van der Waals surface area (Å²) in [4.78, 5) is 30.4. The molecule has 30 heavy (non-hydrogen) atoms. The van der Waals surface area contributed by atoms with E-state index in [4.69, 9.17) is 0 Å². The number of hydrogen-bond donors (Lipinski definition) is 3. The summed E-state index contributed by atoms with van der Waals surface area (Å²) in [6, 6.07) is 7.70. The van der Waals surface area contributed by atoms with Gasteiger partial charge in [-0.15, -0.1) is 0 Å².